The van der Waals surface area contributed by atoms with E-state index in [1.54, 1.807) is 6.07 Å². The number of hydrogen-bond acceptors (Lipinski definition) is 1. The van der Waals surface area contributed by atoms with Gasteiger partial charge in [-0.2, -0.15) is 0 Å². The molecule has 0 aliphatic heterocycles. The fourth-order valence-corrected chi connectivity index (χ4v) is 2.13. The molecule has 2 aromatic rings. The zero-order chi connectivity index (χ0) is 14.5. The van der Waals surface area contributed by atoms with E-state index in [0.717, 1.165) is 24.5 Å². The Labute approximate surface area is 117 Å². The highest BCUT2D eigenvalue weighted by atomic mass is 19.1. The van der Waals surface area contributed by atoms with Gasteiger partial charge in [-0.1, -0.05) is 37.6 Å². The Kier molecular flexibility index (Phi) is 4.61. The molecule has 0 radical (unpaired) electrons. The SMILES string of the molecule is CCCc1cccc(C(=O)Cc2ccc(F)cc2F)c1. The van der Waals surface area contributed by atoms with Crippen molar-refractivity contribution >= 4 is 5.78 Å². The van der Waals surface area contributed by atoms with Gasteiger partial charge in [0.05, 0.1) is 0 Å². The first-order valence-electron chi connectivity index (χ1n) is 6.66. The predicted molar refractivity (Wildman–Crippen MR) is 74.8 cm³/mol. The van der Waals surface area contributed by atoms with Crippen molar-refractivity contribution in [2.24, 2.45) is 0 Å². The van der Waals surface area contributed by atoms with Gasteiger partial charge >= 0.3 is 0 Å². The maximum absolute atomic E-state index is 13.5. The molecule has 3 heteroatoms. The number of carbonyl (C=O) groups is 1. The van der Waals surface area contributed by atoms with Gasteiger partial charge in [0.2, 0.25) is 0 Å². The van der Waals surface area contributed by atoms with E-state index in [2.05, 4.69) is 6.92 Å². The van der Waals surface area contributed by atoms with Crippen LogP contribution in [0.2, 0.25) is 0 Å². The normalized spacial score (nSPS) is 10.6. The van der Waals surface area contributed by atoms with Crippen molar-refractivity contribution in [3.8, 4) is 0 Å². The van der Waals surface area contributed by atoms with Gasteiger partial charge in [-0.15, -0.1) is 0 Å². The first-order chi connectivity index (χ1) is 9.60. The third-order valence-electron chi connectivity index (χ3n) is 3.15. The smallest absolute Gasteiger partial charge is 0.167 e. The van der Waals surface area contributed by atoms with Crippen LogP contribution < -0.4 is 0 Å². The predicted octanol–water partition coefficient (Wildman–Crippen LogP) is 4.34. The molecular weight excluding hydrogens is 258 g/mol. The van der Waals surface area contributed by atoms with E-state index >= 15 is 0 Å². The lowest BCUT2D eigenvalue weighted by Gasteiger charge is -2.05. The summed E-state index contributed by atoms with van der Waals surface area (Å²) in [4.78, 5) is 12.1. The number of aryl methyl sites for hydroxylation is 1. The van der Waals surface area contributed by atoms with Gasteiger partial charge in [-0.05, 0) is 29.7 Å². The summed E-state index contributed by atoms with van der Waals surface area (Å²) in [5.74, 6) is -1.47. The van der Waals surface area contributed by atoms with Crippen molar-refractivity contribution in [2.45, 2.75) is 26.2 Å². The quantitative estimate of drug-likeness (QED) is 0.741. The fraction of sp³-hybridized carbons (Fsp3) is 0.235. The summed E-state index contributed by atoms with van der Waals surface area (Å²) >= 11 is 0. The van der Waals surface area contributed by atoms with Gasteiger partial charge in [0.1, 0.15) is 11.6 Å². The molecule has 0 saturated heterocycles. The van der Waals surface area contributed by atoms with Crippen molar-refractivity contribution in [2.75, 3.05) is 0 Å². The molecule has 0 aliphatic rings. The molecule has 0 amide bonds. The van der Waals surface area contributed by atoms with Crippen molar-refractivity contribution < 1.29 is 13.6 Å². The number of rotatable bonds is 5. The van der Waals surface area contributed by atoms with Crippen LogP contribution in [0.1, 0.15) is 34.8 Å². The number of Topliss-reactive ketones (excluding diaryl/α,β-unsaturated/α-hetero) is 1. The first-order valence-corrected chi connectivity index (χ1v) is 6.66. The first kappa shape index (κ1) is 14.4. The third kappa shape index (κ3) is 3.50. The molecule has 0 saturated carbocycles. The molecule has 0 bridgehead atoms. The molecule has 2 rings (SSSR count). The highest BCUT2D eigenvalue weighted by Gasteiger charge is 2.11. The third-order valence-corrected chi connectivity index (χ3v) is 3.15. The highest BCUT2D eigenvalue weighted by Crippen LogP contribution is 2.14. The number of carbonyl (C=O) groups excluding carboxylic acids is 1. The Hall–Kier alpha value is -2.03. The highest BCUT2D eigenvalue weighted by molar-refractivity contribution is 5.97. The van der Waals surface area contributed by atoms with Gasteiger partial charge in [-0.25, -0.2) is 8.78 Å². The van der Waals surface area contributed by atoms with Crippen LogP contribution in [0.4, 0.5) is 8.78 Å². The molecule has 20 heavy (non-hydrogen) atoms. The zero-order valence-electron chi connectivity index (χ0n) is 11.3. The standard InChI is InChI=1S/C17H16F2O/c1-2-4-12-5-3-6-14(9-12)17(20)10-13-7-8-15(18)11-16(13)19/h3,5-9,11H,2,4,10H2,1H3. The van der Waals surface area contributed by atoms with Crippen LogP contribution in [0.15, 0.2) is 42.5 Å². The number of halogens is 2. The summed E-state index contributed by atoms with van der Waals surface area (Å²) in [6.07, 6.45) is 1.86. The summed E-state index contributed by atoms with van der Waals surface area (Å²) < 4.78 is 26.4. The summed E-state index contributed by atoms with van der Waals surface area (Å²) in [5.41, 5.74) is 1.88. The minimum absolute atomic E-state index is 0.0539. The van der Waals surface area contributed by atoms with E-state index in [0.29, 0.717) is 5.56 Å². The van der Waals surface area contributed by atoms with Gasteiger partial charge in [0.25, 0.3) is 0 Å². The molecule has 1 nitrogen and oxygen atoms in total. The van der Waals surface area contributed by atoms with Gasteiger partial charge in [0.15, 0.2) is 5.78 Å². The number of hydrogen-bond donors (Lipinski definition) is 0. The van der Waals surface area contributed by atoms with Crippen LogP contribution >= 0.6 is 0 Å². The lowest BCUT2D eigenvalue weighted by molar-refractivity contribution is 0.0991. The molecule has 0 heterocycles. The lowest BCUT2D eigenvalue weighted by atomic mass is 9.99. The Morgan fingerprint density at radius 1 is 1.10 bits per heavy atom. The Bertz CT molecular complexity index is 620. The van der Waals surface area contributed by atoms with Crippen LogP contribution in [0.25, 0.3) is 0 Å². The maximum atomic E-state index is 13.5. The maximum Gasteiger partial charge on any atom is 0.167 e. The van der Waals surface area contributed by atoms with E-state index in [1.165, 1.54) is 12.1 Å². The van der Waals surface area contributed by atoms with E-state index in [4.69, 9.17) is 0 Å². The Balaban J connectivity index is 2.17. The molecule has 0 aromatic heterocycles. The summed E-state index contributed by atoms with van der Waals surface area (Å²) in [5, 5.41) is 0. The number of benzene rings is 2. The summed E-state index contributed by atoms with van der Waals surface area (Å²) in [7, 11) is 0. The van der Waals surface area contributed by atoms with Gasteiger partial charge < -0.3 is 0 Å². The van der Waals surface area contributed by atoms with Crippen molar-refractivity contribution in [3.63, 3.8) is 0 Å². The molecule has 0 spiro atoms. The Morgan fingerprint density at radius 2 is 1.90 bits per heavy atom. The zero-order valence-corrected chi connectivity index (χ0v) is 11.3. The van der Waals surface area contributed by atoms with E-state index in [1.807, 2.05) is 18.2 Å². The summed E-state index contributed by atoms with van der Waals surface area (Å²) in [6.45, 7) is 2.07. The largest absolute Gasteiger partial charge is 0.294 e. The second-order valence-electron chi connectivity index (χ2n) is 4.79. The molecule has 0 atom stereocenters. The van der Waals surface area contributed by atoms with Crippen LogP contribution in [0, 0.1) is 11.6 Å². The molecule has 0 N–H and O–H groups in total. The average Bonchev–Trinajstić information content (AvgIpc) is 2.42. The van der Waals surface area contributed by atoms with Crippen molar-refractivity contribution in [1.29, 1.82) is 0 Å². The molecular formula is C17H16F2O. The number of ketones is 1. The van der Waals surface area contributed by atoms with E-state index in [9.17, 15) is 13.6 Å². The van der Waals surface area contributed by atoms with Crippen molar-refractivity contribution in [1.82, 2.24) is 0 Å². The van der Waals surface area contributed by atoms with E-state index < -0.39 is 11.6 Å². The molecule has 0 fully saturated rings. The minimum Gasteiger partial charge on any atom is -0.294 e. The monoisotopic (exact) mass is 274 g/mol. The molecule has 0 unspecified atom stereocenters. The second kappa shape index (κ2) is 6.42. The van der Waals surface area contributed by atoms with Crippen LogP contribution in [-0.2, 0) is 12.8 Å². The minimum atomic E-state index is -0.678. The second-order valence-corrected chi connectivity index (χ2v) is 4.79. The van der Waals surface area contributed by atoms with E-state index in [-0.39, 0.29) is 17.8 Å². The van der Waals surface area contributed by atoms with Crippen molar-refractivity contribution in [3.05, 3.63) is 70.8 Å². The lowest BCUT2D eigenvalue weighted by Crippen LogP contribution is -2.06. The Morgan fingerprint density at radius 3 is 2.60 bits per heavy atom. The fourth-order valence-electron chi connectivity index (χ4n) is 2.13. The average molecular weight is 274 g/mol. The molecule has 0 aliphatic carbocycles. The molecule has 104 valence electrons. The van der Waals surface area contributed by atoms with Gasteiger partial charge in [-0.3, -0.25) is 4.79 Å². The van der Waals surface area contributed by atoms with Crippen LogP contribution in [0.5, 0.6) is 0 Å². The summed E-state index contributed by atoms with van der Waals surface area (Å²) in [6, 6.07) is 10.7. The topological polar surface area (TPSA) is 17.1 Å². The molecule has 2 aromatic carbocycles. The van der Waals surface area contributed by atoms with Gasteiger partial charge in [0, 0.05) is 18.1 Å². The van der Waals surface area contributed by atoms with Crippen LogP contribution in [0.3, 0.4) is 0 Å². The van der Waals surface area contributed by atoms with Crippen LogP contribution in [-0.4, -0.2) is 5.78 Å².